The van der Waals surface area contributed by atoms with E-state index in [-0.39, 0.29) is 6.42 Å². The first kappa shape index (κ1) is 13.9. The van der Waals surface area contributed by atoms with Crippen LogP contribution in [0, 0.1) is 0 Å². The van der Waals surface area contributed by atoms with E-state index in [9.17, 15) is 13.6 Å². The molecule has 3 nitrogen and oxygen atoms in total. The van der Waals surface area contributed by atoms with Gasteiger partial charge in [-0.3, -0.25) is 4.79 Å². The molecule has 0 saturated carbocycles. The molecular weight excluding hydrogens is 252 g/mol. The van der Waals surface area contributed by atoms with E-state index in [0.29, 0.717) is 10.6 Å². The SMILES string of the molecule is O=C(Cc1cccc(Cl)c1)NCC(O)C(F)F. The summed E-state index contributed by atoms with van der Waals surface area (Å²) in [6.07, 6.45) is -4.66. The maximum absolute atomic E-state index is 11.9. The molecule has 94 valence electrons. The van der Waals surface area contributed by atoms with Gasteiger partial charge in [0.05, 0.1) is 6.42 Å². The lowest BCUT2D eigenvalue weighted by atomic mass is 10.1. The smallest absolute Gasteiger partial charge is 0.265 e. The Morgan fingerprint density at radius 1 is 1.47 bits per heavy atom. The van der Waals surface area contributed by atoms with Crippen molar-refractivity contribution in [2.24, 2.45) is 0 Å². The van der Waals surface area contributed by atoms with Crippen LogP contribution in [0.1, 0.15) is 5.56 Å². The van der Waals surface area contributed by atoms with Crippen molar-refractivity contribution in [2.75, 3.05) is 6.54 Å². The van der Waals surface area contributed by atoms with Crippen molar-refractivity contribution >= 4 is 17.5 Å². The van der Waals surface area contributed by atoms with Crippen LogP contribution in [-0.2, 0) is 11.2 Å². The molecule has 1 amide bonds. The van der Waals surface area contributed by atoms with Gasteiger partial charge >= 0.3 is 0 Å². The third-order valence-corrected chi connectivity index (χ3v) is 2.29. The molecule has 2 N–H and O–H groups in total. The molecule has 0 aliphatic heterocycles. The number of nitrogens with one attached hydrogen (secondary N) is 1. The van der Waals surface area contributed by atoms with Crippen LogP contribution in [0.25, 0.3) is 0 Å². The number of halogens is 3. The molecule has 6 heteroatoms. The van der Waals surface area contributed by atoms with Crippen LogP contribution in [0.15, 0.2) is 24.3 Å². The Morgan fingerprint density at radius 3 is 2.76 bits per heavy atom. The molecular formula is C11H12ClF2NO2. The van der Waals surface area contributed by atoms with Crippen LogP contribution < -0.4 is 5.32 Å². The van der Waals surface area contributed by atoms with Gasteiger partial charge in [-0.2, -0.15) is 0 Å². The van der Waals surface area contributed by atoms with Crippen molar-refractivity contribution in [3.8, 4) is 0 Å². The van der Waals surface area contributed by atoms with Crippen molar-refractivity contribution < 1.29 is 18.7 Å². The van der Waals surface area contributed by atoms with Gasteiger partial charge in [-0.05, 0) is 17.7 Å². The minimum atomic E-state index is -2.86. The van der Waals surface area contributed by atoms with E-state index in [1.165, 1.54) is 0 Å². The quantitative estimate of drug-likeness (QED) is 0.848. The van der Waals surface area contributed by atoms with Crippen LogP contribution in [0.3, 0.4) is 0 Å². The normalized spacial score (nSPS) is 12.5. The zero-order valence-electron chi connectivity index (χ0n) is 8.87. The minimum absolute atomic E-state index is 0.0382. The maximum Gasteiger partial charge on any atom is 0.265 e. The minimum Gasteiger partial charge on any atom is -0.385 e. The number of hydrogen-bond donors (Lipinski definition) is 2. The number of aliphatic hydroxyl groups is 1. The highest BCUT2D eigenvalue weighted by molar-refractivity contribution is 6.30. The van der Waals surface area contributed by atoms with E-state index in [4.69, 9.17) is 16.7 Å². The number of amides is 1. The van der Waals surface area contributed by atoms with Gasteiger partial charge in [0.25, 0.3) is 6.43 Å². The molecule has 0 aliphatic carbocycles. The van der Waals surface area contributed by atoms with Crippen LogP contribution in [0.5, 0.6) is 0 Å². The number of benzene rings is 1. The molecule has 0 saturated heterocycles. The average molecular weight is 264 g/mol. The van der Waals surface area contributed by atoms with Gasteiger partial charge in [-0.25, -0.2) is 8.78 Å². The molecule has 0 spiro atoms. The standard InChI is InChI=1S/C11H12ClF2NO2/c12-8-3-1-2-7(4-8)5-10(17)15-6-9(16)11(13)14/h1-4,9,11,16H,5-6H2,(H,15,17). The first-order valence-electron chi connectivity index (χ1n) is 4.96. The first-order valence-corrected chi connectivity index (χ1v) is 5.34. The van der Waals surface area contributed by atoms with Gasteiger partial charge in [-0.15, -0.1) is 0 Å². The number of alkyl halides is 2. The first-order chi connectivity index (χ1) is 7.99. The number of aliphatic hydroxyl groups excluding tert-OH is 1. The van der Waals surface area contributed by atoms with Gasteiger partial charge < -0.3 is 10.4 Å². The lowest BCUT2D eigenvalue weighted by molar-refractivity contribution is -0.121. The summed E-state index contributed by atoms with van der Waals surface area (Å²) in [6, 6.07) is 6.68. The second kappa shape index (κ2) is 6.51. The van der Waals surface area contributed by atoms with E-state index in [1.807, 2.05) is 0 Å². The largest absolute Gasteiger partial charge is 0.385 e. The van der Waals surface area contributed by atoms with E-state index < -0.39 is 25.0 Å². The summed E-state index contributed by atoms with van der Waals surface area (Å²) in [5.74, 6) is -0.438. The Bertz CT molecular complexity index is 387. The molecule has 1 aromatic rings. The van der Waals surface area contributed by atoms with Crippen molar-refractivity contribution in [1.29, 1.82) is 0 Å². The molecule has 1 rings (SSSR count). The summed E-state index contributed by atoms with van der Waals surface area (Å²) >= 11 is 5.73. The second-order valence-electron chi connectivity index (χ2n) is 3.51. The van der Waals surface area contributed by atoms with Crippen molar-refractivity contribution in [2.45, 2.75) is 19.0 Å². The predicted molar refractivity (Wildman–Crippen MR) is 60.2 cm³/mol. The second-order valence-corrected chi connectivity index (χ2v) is 3.95. The monoisotopic (exact) mass is 263 g/mol. The Kier molecular flexibility index (Phi) is 5.31. The lowest BCUT2D eigenvalue weighted by Crippen LogP contribution is -2.36. The van der Waals surface area contributed by atoms with E-state index in [1.54, 1.807) is 24.3 Å². The highest BCUT2D eigenvalue weighted by Crippen LogP contribution is 2.11. The molecule has 1 atom stereocenters. The Morgan fingerprint density at radius 2 is 2.18 bits per heavy atom. The number of hydrogen-bond acceptors (Lipinski definition) is 2. The van der Waals surface area contributed by atoms with Crippen molar-refractivity contribution in [3.05, 3.63) is 34.9 Å². The highest BCUT2D eigenvalue weighted by Gasteiger charge is 2.17. The number of rotatable bonds is 5. The van der Waals surface area contributed by atoms with Gasteiger partial charge in [-0.1, -0.05) is 23.7 Å². The molecule has 0 radical (unpaired) electrons. The zero-order valence-corrected chi connectivity index (χ0v) is 9.62. The number of carbonyl (C=O) groups excluding carboxylic acids is 1. The Hall–Kier alpha value is -1.20. The van der Waals surface area contributed by atoms with Gasteiger partial charge in [0.2, 0.25) is 5.91 Å². The fourth-order valence-corrected chi connectivity index (χ4v) is 1.42. The van der Waals surface area contributed by atoms with Crippen molar-refractivity contribution in [1.82, 2.24) is 5.32 Å². The van der Waals surface area contributed by atoms with E-state index in [0.717, 1.165) is 0 Å². The van der Waals surface area contributed by atoms with Crippen LogP contribution in [-0.4, -0.2) is 30.1 Å². The molecule has 0 fully saturated rings. The summed E-state index contributed by atoms with van der Waals surface area (Å²) in [7, 11) is 0. The van der Waals surface area contributed by atoms with Gasteiger partial charge in [0.15, 0.2) is 0 Å². The van der Waals surface area contributed by atoms with Gasteiger partial charge in [0, 0.05) is 11.6 Å². The summed E-state index contributed by atoms with van der Waals surface area (Å²) in [6.45, 7) is -0.461. The van der Waals surface area contributed by atoms with Crippen molar-refractivity contribution in [3.63, 3.8) is 0 Å². The summed E-state index contributed by atoms with van der Waals surface area (Å²) < 4.78 is 23.9. The highest BCUT2D eigenvalue weighted by atomic mass is 35.5. The summed E-state index contributed by atoms with van der Waals surface area (Å²) in [5.41, 5.74) is 0.682. The average Bonchev–Trinajstić information content (AvgIpc) is 2.25. The van der Waals surface area contributed by atoms with E-state index >= 15 is 0 Å². The Labute approximate surface area is 102 Å². The van der Waals surface area contributed by atoms with Crippen LogP contribution >= 0.6 is 11.6 Å². The predicted octanol–water partition coefficient (Wildman–Crippen LogP) is 1.62. The van der Waals surface area contributed by atoms with E-state index in [2.05, 4.69) is 5.32 Å². The molecule has 1 aromatic carbocycles. The number of carbonyl (C=O) groups is 1. The zero-order chi connectivity index (χ0) is 12.8. The molecule has 0 aliphatic rings. The summed E-state index contributed by atoms with van der Waals surface area (Å²) in [4.78, 5) is 11.3. The topological polar surface area (TPSA) is 49.3 Å². The van der Waals surface area contributed by atoms with Crippen LogP contribution in [0.4, 0.5) is 8.78 Å². The molecule has 0 bridgehead atoms. The molecule has 0 heterocycles. The molecule has 1 unspecified atom stereocenters. The fraction of sp³-hybridized carbons (Fsp3) is 0.364. The molecule has 0 aromatic heterocycles. The maximum atomic E-state index is 11.9. The summed E-state index contributed by atoms with van der Waals surface area (Å²) in [5, 5.41) is 11.5. The van der Waals surface area contributed by atoms with Gasteiger partial charge in [0.1, 0.15) is 6.10 Å². The fourth-order valence-electron chi connectivity index (χ4n) is 1.20. The third-order valence-electron chi connectivity index (χ3n) is 2.05. The molecule has 17 heavy (non-hydrogen) atoms. The van der Waals surface area contributed by atoms with Crippen LogP contribution in [0.2, 0.25) is 5.02 Å². The third kappa shape index (κ3) is 5.10. The lowest BCUT2D eigenvalue weighted by Gasteiger charge is -2.10. The Balaban J connectivity index is 2.40.